The van der Waals surface area contributed by atoms with E-state index in [1.807, 2.05) is 49.1 Å². The monoisotopic (exact) mass is 383 g/mol. The van der Waals surface area contributed by atoms with E-state index in [0.717, 1.165) is 34.0 Å². The molecule has 0 bridgehead atoms. The summed E-state index contributed by atoms with van der Waals surface area (Å²) in [6.45, 7) is 4.07. The average Bonchev–Trinajstić information content (AvgIpc) is 3.12. The number of hydrogen-bond acceptors (Lipinski definition) is 5. The topological polar surface area (TPSA) is 74.0 Å². The molecule has 7 nitrogen and oxygen atoms in total. The van der Waals surface area contributed by atoms with Gasteiger partial charge in [-0.05, 0) is 38.1 Å². The molecule has 1 aromatic carbocycles. The minimum Gasteiger partial charge on any atom is -0.497 e. The number of nitrogens with one attached hydrogen (secondary N) is 1. The number of carbonyl (C=O) groups excluding carboxylic acids is 1. The first kappa shape index (κ1) is 17.7. The van der Waals surface area contributed by atoms with Gasteiger partial charge in [-0.2, -0.15) is 10.2 Å². The number of thioether (sulfide) groups is 1. The maximum Gasteiger partial charge on any atom is 0.235 e. The molecule has 1 aliphatic heterocycles. The summed E-state index contributed by atoms with van der Waals surface area (Å²) in [5, 5.41) is 12.1. The fraction of sp³-hybridized carbons (Fsp3) is 0.316. The lowest BCUT2D eigenvalue weighted by Crippen LogP contribution is -2.15. The molecule has 1 atom stereocenters. The number of nitrogens with zero attached hydrogens (tertiary/aromatic N) is 4. The van der Waals surface area contributed by atoms with Crippen LogP contribution < -0.4 is 10.1 Å². The van der Waals surface area contributed by atoms with Crippen molar-refractivity contribution in [1.29, 1.82) is 0 Å². The number of rotatable bonds is 3. The van der Waals surface area contributed by atoms with E-state index >= 15 is 0 Å². The molecule has 8 heteroatoms. The Morgan fingerprint density at radius 3 is 2.63 bits per heavy atom. The molecule has 1 N–H and O–H groups in total. The van der Waals surface area contributed by atoms with E-state index < -0.39 is 0 Å². The summed E-state index contributed by atoms with van der Waals surface area (Å²) in [5.74, 6) is 1.84. The largest absolute Gasteiger partial charge is 0.497 e. The summed E-state index contributed by atoms with van der Waals surface area (Å²) in [6.07, 6.45) is 1.84. The lowest BCUT2D eigenvalue weighted by molar-refractivity contribution is -0.113. The summed E-state index contributed by atoms with van der Waals surface area (Å²) < 4.78 is 8.89. The second-order valence-corrected chi connectivity index (χ2v) is 7.60. The van der Waals surface area contributed by atoms with Crippen LogP contribution in [0.5, 0.6) is 5.75 Å². The number of anilines is 1. The molecule has 2 aromatic heterocycles. The highest BCUT2D eigenvalue weighted by molar-refractivity contribution is 8.00. The molecule has 27 heavy (non-hydrogen) atoms. The van der Waals surface area contributed by atoms with Crippen LogP contribution in [0.15, 0.2) is 30.5 Å². The van der Waals surface area contributed by atoms with Crippen LogP contribution in [0.1, 0.15) is 27.8 Å². The first-order chi connectivity index (χ1) is 13.0. The average molecular weight is 383 g/mol. The van der Waals surface area contributed by atoms with Crippen LogP contribution in [-0.2, 0) is 11.8 Å². The van der Waals surface area contributed by atoms with E-state index in [1.54, 1.807) is 23.6 Å². The molecule has 0 spiro atoms. The maximum atomic E-state index is 12.4. The third-order valence-corrected chi connectivity index (χ3v) is 6.11. The minimum absolute atomic E-state index is 0.000326. The molecule has 0 aliphatic carbocycles. The Bertz CT molecular complexity index is 1010. The van der Waals surface area contributed by atoms with Crippen LogP contribution >= 0.6 is 11.8 Å². The van der Waals surface area contributed by atoms with Gasteiger partial charge in [0.25, 0.3) is 0 Å². The van der Waals surface area contributed by atoms with Gasteiger partial charge in [-0.3, -0.25) is 9.48 Å². The Morgan fingerprint density at radius 2 is 2.00 bits per heavy atom. The van der Waals surface area contributed by atoms with Crippen molar-refractivity contribution in [2.45, 2.75) is 19.1 Å². The van der Waals surface area contributed by atoms with Crippen molar-refractivity contribution < 1.29 is 9.53 Å². The fourth-order valence-corrected chi connectivity index (χ4v) is 4.67. The van der Waals surface area contributed by atoms with Gasteiger partial charge in [-0.15, -0.1) is 11.8 Å². The van der Waals surface area contributed by atoms with Crippen molar-refractivity contribution in [3.63, 3.8) is 0 Å². The Morgan fingerprint density at radius 1 is 1.26 bits per heavy atom. The van der Waals surface area contributed by atoms with Gasteiger partial charge in [0.1, 0.15) is 11.6 Å². The standard InChI is InChI=1S/C19H21N5O2S/c1-11-17(12(2)23(3)22-11)18-15-9-20-24(19(15)21-16(25)10-27-18)13-5-7-14(26-4)8-6-13/h5-9,18H,10H2,1-4H3,(H,21,25). The van der Waals surface area contributed by atoms with Gasteiger partial charge >= 0.3 is 0 Å². The molecule has 4 rings (SSSR count). The van der Waals surface area contributed by atoms with E-state index in [0.29, 0.717) is 11.6 Å². The highest BCUT2D eigenvalue weighted by Crippen LogP contribution is 2.44. The Balaban J connectivity index is 1.84. The second kappa shape index (κ2) is 6.77. The summed E-state index contributed by atoms with van der Waals surface area (Å²) >= 11 is 1.61. The third kappa shape index (κ3) is 2.99. The predicted molar refractivity (Wildman–Crippen MR) is 106 cm³/mol. The molecule has 3 heterocycles. The van der Waals surface area contributed by atoms with Crippen LogP contribution in [0.2, 0.25) is 0 Å². The molecule has 1 amide bonds. The molecule has 3 aromatic rings. The highest BCUT2D eigenvalue weighted by atomic mass is 32.2. The normalized spacial score (nSPS) is 16.6. The SMILES string of the molecule is COc1ccc(-n2ncc3c2NC(=O)CSC3c2c(C)nn(C)c2C)cc1. The molecule has 0 fully saturated rings. The lowest BCUT2D eigenvalue weighted by Gasteiger charge is -2.15. The molecular formula is C19H21N5O2S. The smallest absolute Gasteiger partial charge is 0.235 e. The van der Waals surface area contributed by atoms with Gasteiger partial charge in [-0.1, -0.05) is 0 Å². The van der Waals surface area contributed by atoms with E-state index in [2.05, 4.69) is 22.4 Å². The predicted octanol–water partition coefficient (Wildman–Crippen LogP) is 3.01. The Labute approximate surface area is 161 Å². The van der Waals surface area contributed by atoms with Crippen molar-refractivity contribution in [1.82, 2.24) is 19.6 Å². The van der Waals surface area contributed by atoms with Crippen LogP contribution in [-0.4, -0.2) is 38.3 Å². The third-order valence-electron chi connectivity index (χ3n) is 4.86. The van der Waals surface area contributed by atoms with E-state index in [1.165, 1.54) is 0 Å². The highest BCUT2D eigenvalue weighted by Gasteiger charge is 2.31. The van der Waals surface area contributed by atoms with Crippen LogP contribution in [0, 0.1) is 13.8 Å². The summed E-state index contributed by atoms with van der Waals surface area (Å²) in [7, 11) is 3.58. The minimum atomic E-state index is -0.0294. The van der Waals surface area contributed by atoms with E-state index in [-0.39, 0.29) is 11.2 Å². The van der Waals surface area contributed by atoms with E-state index in [9.17, 15) is 4.79 Å². The van der Waals surface area contributed by atoms with Crippen molar-refractivity contribution >= 4 is 23.5 Å². The first-order valence-corrected chi connectivity index (χ1v) is 9.68. The fourth-order valence-electron chi connectivity index (χ4n) is 3.42. The number of benzene rings is 1. The Hall–Kier alpha value is -2.74. The van der Waals surface area contributed by atoms with Gasteiger partial charge in [0.05, 0.1) is 35.7 Å². The van der Waals surface area contributed by atoms with Crippen LogP contribution in [0.4, 0.5) is 5.82 Å². The molecule has 1 aliphatic rings. The van der Waals surface area contributed by atoms with Gasteiger partial charge < -0.3 is 10.1 Å². The maximum absolute atomic E-state index is 12.4. The molecular weight excluding hydrogens is 362 g/mol. The summed E-state index contributed by atoms with van der Waals surface area (Å²) in [4.78, 5) is 12.4. The van der Waals surface area contributed by atoms with Crippen molar-refractivity contribution in [2.75, 3.05) is 18.2 Å². The molecule has 0 radical (unpaired) electrons. The summed E-state index contributed by atoms with van der Waals surface area (Å²) in [5.41, 5.74) is 5.07. The Kier molecular flexibility index (Phi) is 4.43. The van der Waals surface area contributed by atoms with Crippen LogP contribution in [0.3, 0.4) is 0 Å². The van der Waals surface area contributed by atoms with Gasteiger partial charge in [0, 0.05) is 23.9 Å². The van der Waals surface area contributed by atoms with Crippen molar-refractivity contribution in [2.24, 2.45) is 7.05 Å². The number of amides is 1. The van der Waals surface area contributed by atoms with Gasteiger partial charge in [-0.25, -0.2) is 4.68 Å². The molecule has 0 saturated heterocycles. The quantitative estimate of drug-likeness (QED) is 0.753. The number of methoxy groups -OCH3 is 1. The number of hydrogen-bond donors (Lipinski definition) is 1. The first-order valence-electron chi connectivity index (χ1n) is 8.63. The van der Waals surface area contributed by atoms with Gasteiger partial charge in [0.2, 0.25) is 5.91 Å². The lowest BCUT2D eigenvalue weighted by atomic mass is 10.0. The molecule has 1 unspecified atom stereocenters. The zero-order valence-corrected chi connectivity index (χ0v) is 16.5. The number of aromatic nitrogens is 4. The zero-order chi connectivity index (χ0) is 19.1. The number of carbonyl (C=O) groups is 1. The van der Waals surface area contributed by atoms with E-state index in [4.69, 9.17) is 4.74 Å². The number of ether oxygens (including phenoxy) is 1. The van der Waals surface area contributed by atoms with Gasteiger partial charge in [0.15, 0.2) is 0 Å². The van der Waals surface area contributed by atoms with Crippen molar-refractivity contribution in [3.05, 3.63) is 53.0 Å². The molecule has 0 saturated carbocycles. The zero-order valence-electron chi connectivity index (χ0n) is 15.7. The van der Waals surface area contributed by atoms with Crippen LogP contribution in [0.25, 0.3) is 5.69 Å². The second-order valence-electron chi connectivity index (χ2n) is 6.51. The van der Waals surface area contributed by atoms with Crippen molar-refractivity contribution in [3.8, 4) is 11.4 Å². The summed E-state index contributed by atoms with van der Waals surface area (Å²) in [6, 6.07) is 7.60. The number of aryl methyl sites for hydroxylation is 2. The molecule has 140 valence electrons. The number of fused-ring (bicyclic) bond motifs is 1.